The minimum atomic E-state index is -1.11. The van der Waals surface area contributed by atoms with E-state index in [1.807, 2.05) is 0 Å². The Morgan fingerprint density at radius 1 is 1.33 bits per heavy atom. The van der Waals surface area contributed by atoms with Crippen molar-refractivity contribution in [3.8, 4) is 0 Å². The Morgan fingerprint density at radius 2 is 2.00 bits per heavy atom. The molecule has 0 aliphatic heterocycles. The number of carbonyl (C=O) groups is 1. The van der Waals surface area contributed by atoms with Crippen molar-refractivity contribution in [2.75, 3.05) is 0 Å². The van der Waals surface area contributed by atoms with Gasteiger partial charge in [0.2, 0.25) is 0 Å². The predicted octanol–water partition coefficient (Wildman–Crippen LogP) is 2.47. The molecular weight excluding hydrogens is 164 g/mol. The van der Waals surface area contributed by atoms with Crippen LogP contribution in [0, 0.1) is 11.8 Å². The van der Waals surface area contributed by atoms with Crippen LogP contribution in [0.25, 0.3) is 0 Å². The van der Waals surface area contributed by atoms with Gasteiger partial charge in [0.15, 0.2) is 0 Å². The molecule has 2 aliphatic carbocycles. The maximum absolute atomic E-state index is 11.5. The number of fused-ring (bicyclic) bond motifs is 2. The van der Waals surface area contributed by atoms with Crippen LogP contribution in [-0.4, -0.2) is 13.9 Å². The summed E-state index contributed by atoms with van der Waals surface area (Å²) in [5, 5.41) is 0. The number of hydrogen-bond donors (Lipinski definition) is 0. The average Bonchev–Trinajstić information content (AvgIpc) is 2.39. The normalized spacial score (nSPS) is 39.6. The van der Waals surface area contributed by atoms with Gasteiger partial charge in [-0.05, 0) is 11.5 Å². The highest BCUT2D eigenvalue weighted by Crippen LogP contribution is 2.51. The molecule has 0 radical (unpaired) electrons. The van der Waals surface area contributed by atoms with Crippen molar-refractivity contribution in [1.29, 1.82) is 0 Å². The lowest BCUT2D eigenvalue weighted by Crippen LogP contribution is -2.32. The van der Waals surface area contributed by atoms with Gasteiger partial charge in [-0.25, -0.2) is 0 Å². The quantitative estimate of drug-likeness (QED) is 0.447. The smallest absolute Gasteiger partial charge is 0.140 e. The molecule has 2 rings (SSSR count). The van der Waals surface area contributed by atoms with Crippen LogP contribution < -0.4 is 0 Å². The lowest BCUT2D eigenvalue weighted by Gasteiger charge is -2.28. The van der Waals surface area contributed by atoms with Crippen molar-refractivity contribution in [1.82, 2.24) is 0 Å². The third kappa shape index (κ3) is 1.01. The topological polar surface area (TPSA) is 17.1 Å². The van der Waals surface area contributed by atoms with E-state index in [1.165, 1.54) is 0 Å². The molecule has 2 bridgehead atoms. The lowest BCUT2D eigenvalue weighted by atomic mass is 10.1. The highest BCUT2D eigenvalue weighted by molar-refractivity contribution is 6.78. The first-order valence-electron chi connectivity index (χ1n) is 4.71. The van der Waals surface area contributed by atoms with Crippen molar-refractivity contribution in [3.63, 3.8) is 0 Å². The summed E-state index contributed by atoms with van der Waals surface area (Å²) in [6.45, 7) is 7.13. The number of carbonyl (C=O) groups excluding carboxylic acids is 1. The van der Waals surface area contributed by atoms with E-state index in [0.717, 1.165) is 6.42 Å². The fourth-order valence-corrected chi connectivity index (χ4v) is 5.71. The molecule has 66 valence electrons. The first kappa shape index (κ1) is 8.24. The second-order valence-corrected chi connectivity index (χ2v) is 10.5. The van der Waals surface area contributed by atoms with Crippen molar-refractivity contribution in [2.24, 2.45) is 11.8 Å². The molecule has 0 amide bonds. The Labute approximate surface area is 74.9 Å². The van der Waals surface area contributed by atoms with E-state index >= 15 is 0 Å². The predicted molar refractivity (Wildman–Crippen MR) is 52.8 cm³/mol. The number of hydrogen-bond acceptors (Lipinski definition) is 1. The lowest BCUT2D eigenvalue weighted by molar-refractivity contribution is -0.119. The van der Waals surface area contributed by atoms with Gasteiger partial charge in [0.05, 0.1) is 0 Å². The summed E-state index contributed by atoms with van der Waals surface area (Å²) >= 11 is 0. The highest BCUT2D eigenvalue weighted by Gasteiger charge is 2.49. The van der Waals surface area contributed by atoms with E-state index in [1.54, 1.807) is 0 Å². The van der Waals surface area contributed by atoms with Crippen molar-refractivity contribution in [2.45, 2.75) is 31.6 Å². The Balaban J connectivity index is 2.29. The number of rotatable bonds is 1. The second kappa shape index (κ2) is 2.31. The van der Waals surface area contributed by atoms with Gasteiger partial charge in [-0.15, -0.1) is 0 Å². The monoisotopic (exact) mass is 180 g/mol. The van der Waals surface area contributed by atoms with Gasteiger partial charge in [-0.1, -0.05) is 31.8 Å². The van der Waals surface area contributed by atoms with E-state index in [2.05, 4.69) is 31.8 Å². The maximum atomic E-state index is 11.5. The average molecular weight is 180 g/mol. The fraction of sp³-hybridized carbons (Fsp3) is 0.700. The van der Waals surface area contributed by atoms with Crippen molar-refractivity contribution >= 4 is 13.9 Å². The molecule has 0 unspecified atom stereocenters. The second-order valence-electron chi connectivity index (χ2n) is 5.14. The van der Waals surface area contributed by atoms with E-state index < -0.39 is 8.07 Å². The van der Waals surface area contributed by atoms with Crippen LogP contribution >= 0.6 is 0 Å². The number of Topliss-reactive ketones (excluding diaryl/α,β-unsaturated/α-hetero) is 1. The van der Waals surface area contributed by atoms with Crippen LogP contribution in [0.15, 0.2) is 12.2 Å². The Hall–Kier alpha value is -0.373. The van der Waals surface area contributed by atoms with Gasteiger partial charge < -0.3 is 0 Å². The molecular formula is C10H16OSi. The molecule has 2 heteroatoms. The third-order valence-electron chi connectivity index (χ3n) is 3.22. The van der Waals surface area contributed by atoms with Crippen molar-refractivity contribution in [3.05, 3.63) is 12.2 Å². The van der Waals surface area contributed by atoms with E-state index in [0.29, 0.717) is 23.2 Å². The van der Waals surface area contributed by atoms with Gasteiger partial charge in [0.25, 0.3) is 0 Å². The minimum absolute atomic E-state index is 0.307. The Bertz CT molecular complexity index is 249. The zero-order chi connectivity index (χ0) is 8.93. The molecule has 1 saturated carbocycles. The van der Waals surface area contributed by atoms with E-state index in [-0.39, 0.29) is 0 Å². The van der Waals surface area contributed by atoms with E-state index in [9.17, 15) is 4.79 Å². The summed E-state index contributed by atoms with van der Waals surface area (Å²) in [5.74, 6) is 1.41. The molecule has 0 N–H and O–H groups in total. The first-order valence-corrected chi connectivity index (χ1v) is 8.29. The summed E-state index contributed by atoms with van der Waals surface area (Å²) in [5.41, 5.74) is 0.713. The molecule has 0 aromatic heterocycles. The minimum Gasteiger partial charge on any atom is -0.299 e. The van der Waals surface area contributed by atoms with E-state index in [4.69, 9.17) is 0 Å². The van der Waals surface area contributed by atoms with Crippen LogP contribution in [0.2, 0.25) is 25.2 Å². The number of ketones is 1. The molecule has 12 heavy (non-hydrogen) atoms. The first-order chi connectivity index (χ1) is 5.50. The number of allylic oxidation sites excluding steroid dienone is 2. The largest absolute Gasteiger partial charge is 0.299 e. The fourth-order valence-electron chi connectivity index (χ4n) is 2.82. The van der Waals surface area contributed by atoms with Gasteiger partial charge in [0.1, 0.15) is 5.78 Å². The van der Waals surface area contributed by atoms with Crippen LogP contribution in [0.3, 0.4) is 0 Å². The van der Waals surface area contributed by atoms with Crippen LogP contribution in [0.5, 0.6) is 0 Å². The van der Waals surface area contributed by atoms with Gasteiger partial charge in [-0.3, -0.25) is 4.79 Å². The highest BCUT2D eigenvalue weighted by atomic mass is 28.3. The molecule has 0 saturated heterocycles. The molecule has 1 nitrogen and oxygen atoms in total. The maximum Gasteiger partial charge on any atom is 0.140 e. The van der Waals surface area contributed by atoms with Crippen LogP contribution in [-0.2, 0) is 4.79 Å². The molecule has 0 aromatic carbocycles. The Morgan fingerprint density at radius 3 is 2.25 bits per heavy atom. The molecule has 1 fully saturated rings. The summed E-state index contributed by atoms with van der Waals surface area (Å²) in [4.78, 5) is 11.5. The van der Waals surface area contributed by atoms with Crippen molar-refractivity contribution < 1.29 is 4.79 Å². The standard InChI is InChI=1S/C10H16OSi/c1-12(2,3)10-7-4-5-8(10)9(11)6-7/h4-5,7-8,10H,6H2,1-3H3/t7-,8+,10-/m1/s1. The summed E-state index contributed by atoms with van der Waals surface area (Å²) in [7, 11) is -1.11. The van der Waals surface area contributed by atoms with Gasteiger partial charge in [0, 0.05) is 20.4 Å². The molecule has 0 aromatic rings. The van der Waals surface area contributed by atoms with Gasteiger partial charge in [-0.2, -0.15) is 0 Å². The Kier molecular flexibility index (Phi) is 1.59. The summed E-state index contributed by atoms with van der Waals surface area (Å²) in [6, 6.07) is 0. The zero-order valence-electron chi connectivity index (χ0n) is 8.00. The molecule has 3 atom stereocenters. The van der Waals surface area contributed by atoms with Gasteiger partial charge >= 0.3 is 0 Å². The summed E-state index contributed by atoms with van der Waals surface area (Å²) in [6.07, 6.45) is 5.25. The third-order valence-corrected chi connectivity index (χ3v) is 6.01. The molecule has 2 aliphatic rings. The van der Waals surface area contributed by atoms with Crippen LogP contribution in [0.1, 0.15) is 6.42 Å². The zero-order valence-corrected chi connectivity index (χ0v) is 9.00. The SMILES string of the molecule is C[Si](C)(C)[C@@H]1[C@@H]2C=C[C@H]1C(=O)C2. The van der Waals surface area contributed by atoms with Crippen LogP contribution in [0.4, 0.5) is 0 Å². The molecule has 0 heterocycles. The summed E-state index contributed by atoms with van der Waals surface area (Å²) < 4.78 is 0. The molecule has 0 spiro atoms.